The highest BCUT2D eigenvalue weighted by atomic mass is 16.1. The summed E-state index contributed by atoms with van der Waals surface area (Å²) in [6.07, 6.45) is 7.52. The van der Waals surface area contributed by atoms with Crippen LogP contribution in [0.3, 0.4) is 0 Å². The number of hydrogen-bond donors (Lipinski definition) is 0. The van der Waals surface area contributed by atoms with Crippen LogP contribution in [0.5, 0.6) is 0 Å². The zero-order valence-corrected chi connectivity index (χ0v) is 7.86. The van der Waals surface area contributed by atoms with Crippen molar-refractivity contribution in [2.75, 3.05) is 0 Å². The van der Waals surface area contributed by atoms with Crippen molar-refractivity contribution in [3.8, 4) is 0 Å². The first-order valence-electron chi connectivity index (χ1n) is 4.76. The van der Waals surface area contributed by atoms with Crippen LogP contribution in [0, 0.1) is 5.92 Å². The quantitative estimate of drug-likeness (QED) is 0.700. The maximum absolute atomic E-state index is 11.6. The molecule has 0 saturated heterocycles. The molecule has 70 valence electrons. The topological polar surface area (TPSA) is 34.9 Å². The van der Waals surface area contributed by atoms with E-state index in [2.05, 4.69) is 4.98 Å². The maximum Gasteiger partial charge on any atom is 0.143 e. The third-order valence-electron chi connectivity index (χ3n) is 2.81. The zero-order valence-electron chi connectivity index (χ0n) is 7.86. The average molecular weight is 178 g/mol. The lowest BCUT2D eigenvalue weighted by molar-refractivity contribution is -0.124. The molecule has 0 aromatic carbocycles. The minimum atomic E-state index is 0.330. The molecule has 1 aromatic rings. The highest BCUT2D eigenvalue weighted by Crippen LogP contribution is 2.27. The van der Waals surface area contributed by atoms with E-state index in [0.717, 1.165) is 18.7 Å². The van der Waals surface area contributed by atoms with E-state index in [1.807, 2.05) is 17.8 Å². The number of carbonyl (C=O) groups is 1. The summed E-state index contributed by atoms with van der Waals surface area (Å²) in [7, 11) is 1.93. The second kappa shape index (κ2) is 3.32. The van der Waals surface area contributed by atoms with Gasteiger partial charge in [-0.25, -0.2) is 4.98 Å². The smallest absolute Gasteiger partial charge is 0.143 e. The van der Waals surface area contributed by atoms with E-state index in [9.17, 15) is 4.79 Å². The van der Waals surface area contributed by atoms with Crippen LogP contribution < -0.4 is 0 Å². The first kappa shape index (κ1) is 8.48. The van der Waals surface area contributed by atoms with Gasteiger partial charge in [-0.15, -0.1) is 0 Å². The van der Waals surface area contributed by atoms with E-state index < -0.39 is 0 Å². The summed E-state index contributed by atoms with van der Waals surface area (Å²) < 4.78 is 1.91. The molecule has 0 spiro atoms. The van der Waals surface area contributed by atoms with E-state index in [0.29, 0.717) is 18.1 Å². The number of rotatable bonds is 3. The lowest BCUT2D eigenvalue weighted by atomic mass is 9.81. The standard InChI is InChI=1S/C10H14N2O/c1-12-6-5-11-10(12)7-9(13)8-3-2-4-8/h5-6,8H,2-4,7H2,1H3. The van der Waals surface area contributed by atoms with Gasteiger partial charge in [-0.05, 0) is 12.8 Å². The molecular weight excluding hydrogens is 164 g/mol. The monoisotopic (exact) mass is 178 g/mol. The van der Waals surface area contributed by atoms with Crippen molar-refractivity contribution in [1.29, 1.82) is 0 Å². The number of hydrogen-bond acceptors (Lipinski definition) is 2. The Morgan fingerprint density at radius 2 is 2.46 bits per heavy atom. The van der Waals surface area contributed by atoms with Crippen molar-refractivity contribution in [2.24, 2.45) is 13.0 Å². The second-order valence-electron chi connectivity index (χ2n) is 3.73. The minimum Gasteiger partial charge on any atom is -0.338 e. The van der Waals surface area contributed by atoms with Gasteiger partial charge in [0.2, 0.25) is 0 Å². The Bertz CT molecular complexity index is 312. The summed E-state index contributed by atoms with van der Waals surface area (Å²) in [6.45, 7) is 0. The SMILES string of the molecule is Cn1ccnc1CC(=O)C1CCC1. The summed E-state index contributed by atoms with van der Waals surface area (Å²) in [4.78, 5) is 15.7. The van der Waals surface area contributed by atoms with Crippen molar-refractivity contribution in [3.05, 3.63) is 18.2 Å². The van der Waals surface area contributed by atoms with E-state index in [4.69, 9.17) is 0 Å². The van der Waals surface area contributed by atoms with Crippen LogP contribution in [0.25, 0.3) is 0 Å². The first-order valence-corrected chi connectivity index (χ1v) is 4.76. The van der Waals surface area contributed by atoms with Crippen molar-refractivity contribution >= 4 is 5.78 Å². The molecule has 3 heteroatoms. The molecular formula is C10H14N2O. The van der Waals surface area contributed by atoms with Crippen molar-refractivity contribution in [2.45, 2.75) is 25.7 Å². The Balaban J connectivity index is 1.97. The molecule has 0 amide bonds. The predicted molar refractivity (Wildman–Crippen MR) is 49.3 cm³/mol. The molecule has 1 aliphatic rings. The fourth-order valence-electron chi connectivity index (χ4n) is 1.60. The Hall–Kier alpha value is -1.12. The number of aryl methyl sites for hydroxylation is 1. The Morgan fingerprint density at radius 3 is 2.92 bits per heavy atom. The zero-order chi connectivity index (χ0) is 9.26. The van der Waals surface area contributed by atoms with Gasteiger partial charge < -0.3 is 4.57 Å². The minimum absolute atomic E-state index is 0.330. The summed E-state index contributed by atoms with van der Waals surface area (Å²) in [5, 5.41) is 0. The molecule has 2 rings (SSSR count). The Morgan fingerprint density at radius 1 is 1.69 bits per heavy atom. The van der Waals surface area contributed by atoms with E-state index >= 15 is 0 Å². The lowest BCUT2D eigenvalue weighted by Crippen LogP contribution is -2.24. The highest BCUT2D eigenvalue weighted by molar-refractivity contribution is 5.83. The van der Waals surface area contributed by atoms with Gasteiger partial charge in [0, 0.05) is 25.4 Å². The summed E-state index contributed by atoms with van der Waals surface area (Å²) in [5.74, 6) is 1.58. The van der Waals surface area contributed by atoms with Gasteiger partial charge in [0.25, 0.3) is 0 Å². The van der Waals surface area contributed by atoms with Crippen LogP contribution in [0.2, 0.25) is 0 Å². The van der Waals surface area contributed by atoms with Crippen LogP contribution in [0.1, 0.15) is 25.1 Å². The molecule has 0 atom stereocenters. The Kier molecular flexibility index (Phi) is 2.17. The molecule has 3 nitrogen and oxygen atoms in total. The van der Waals surface area contributed by atoms with E-state index in [1.165, 1.54) is 6.42 Å². The van der Waals surface area contributed by atoms with Gasteiger partial charge in [-0.3, -0.25) is 4.79 Å². The van der Waals surface area contributed by atoms with Gasteiger partial charge >= 0.3 is 0 Å². The molecule has 0 N–H and O–H groups in total. The van der Waals surface area contributed by atoms with Gasteiger partial charge in [-0.2, -0.15) is 0 Å². The molecule has 1 heterocycles. The van der Waals surface area contributed by atoms with Gasteiger partial charge in [0.05, 0.1) is 6.42 Å². The number of nitrogens with zero attached hydrogens (tertiary/aromatic N) is 2. The molecule has 1 aromatic heterocycles. The van der Waals surface area contributed by atoms with Gasteiger partial charge in [-0.1, -0.05) is 6.42 Å². The third kappa shape index (κ3) is 1.64. The van der Waals surface area contributed by atoms with Crippen LogP contribution in [0.4, 0.5) is 0 Å². The average Bonchev–Trinajstić information content (AvgIpc) is 2.32. The molecule has 0 bridgehead atoms. The van der Waals surface area contributed by atoms with Gasteiger partial charge in [0.15, 0.2) is 0 Å². The highest BCUT2D eigenvalue weighted by Gasteiger charge is 2.25. The largest absolute Gasteiger partial charge is 0.338 e. The molecule has 13 heavy (non-hydrogen) atoms. The first-order chi connectivity index (χ1) is 6.27. The predicted octanol–water partition coefficient (Wildman–Crippen LogP) is 1.33. The van der Waals surface area contributed by atoms with Crippen molar-refractivity contribution in [1.82, 2.24) is 9.55 Å². The number of Topliss-reactive ketones (excluding diaryl/α,β-unsaturated/α-hetero) is 1. The number of ketones is 1. The molecule has 0 radical (unpaired) electrons. The summed E-state index contributed by atoms with van der Waals surface area (Å²) in [5.41, 5.74) is 0. The fourth-order valence-corrected chi connectivity index (χ4v) is 1.60. The molecule has 1 saturated carbocycles. The molecule has 0 aliphatic heterocycles. The van der Waals surface area contributed by atoms with Gasteiger partial charge in [0.1, 0.15) is 11.6 Å². The molecule has 1 fully saturated rings. The van der Waals surface area contributed by atoms with E-state index in [1.54, 1.807) is 6.20 Å². The lowest BCUT2D eigenvalue weighted by Gasteiger charge is -2.23. The summed E-state index contributed by atoms with van der Waals surface area (Å²) in [6, 6.07) is 0. The van der Waals surface area contributed by atoms with Crippen LogP contribution in [0.15, 0.2) is 12.4 Å². The van der Waals surface area contributed by atoms with Crippen LogP contribution >= 0.6 is 0 Å². The van der Waals surface area contributed by atoms with Crippen molar-refractivity contribution < 1.29 is 4.79 Å². The number of imidazole rings is 1. The second-order valence-corrected chi connectivity index (χ2v) is 3.73. The number of aromatic nitrogens is 2. The Labute approximate surface area is 77.8 Å². The normalized spacial score (nSPS) is 17.0. The fraction of sp³-hybridized carbons (Fsp3) is 0.600. The summed E-state index contributed by atoms with van der Waals surface area (Å²) >= 11 is 0. The van der Waals surface area contributed by atoms with Crippen LogP contribution in [-0.4, -0.2) is 15.3 Å². The molecule has 0 unspecified atom stereocenters. The third-order valence-corrected chi connectivity index (χ3v) is 2.81. The van der Waals surface area contributed by atoms with E-state index in [-0.39, 0.29) is 0 Å². The maximum atomic E-state index is 11.6. The van der Waals surface area contributed by atoms with Crippen molar-refractivity contribution in [3.63, 3.8) is 0 Å². The number of carbonyl (C=O) groups excluding carboxylic acids is 1. The molecule has 1 aliphatic carbocycles. The van der Waals surface area contributed by atoms with Crippen LogP contribution in [-0.2, 0) is 18.3 Å².